The zero-order chi connectivity index (χ0) is 19.1. The lowest BCUT2D eigenvalue weighted by atomic mass is 10.1. The molecule has 1 amide bonds. The molecule has 1 aliphatic rings. The maximum absolute atomic E-state index is 12.6. The van der Waals surface area contributed by atoms with Crippen LogP contribution in [-0.4, -0.2) is 39.1 Å². The molecule has 6 heteroatoms. The molecule has 4 rings (SSSR count). The minimum Gasteiger partial charge on any atom is -0.486 e. The van der Waals surface area contributed by atoms with Crippen LogP contribution in [0.15, 0.2) is 47.4 Å². The number of carbonyl (C=O) groups excluding carboxylic acids is 1. The van der Waals surface area contributed by atoms with Crippen LogP contribution < -0.4 is 10.3 Å². The van der Waals surface area contributed by atoms with Crippen LogP contribution in [0.25, 0.3) is 10.9 Å². The second-order valence-electron chi connectivity index (χ2n) is 7.23. The molecule has 0 unspecified atom stereocenters. The number of carbonyl (C=O) groups is 1. The molecule has 0 atom stereocenters. The topological polar surface area (TPSA) is 56.5 Å². The minimum atomic E-state index is -0.0896. The van der Waals surface area contributed by atoms with Crippen molar-refractivity contribution < 1.29 is 9.53 Å². The molecule has 27 heavy (non-hydrogen) atoms. The highest BCUT2D eigenvalue weighted by molar-refractivity contribution is 5.89. The molecule has 3 heterocycles. The van der Waals surface area contributed by atoms with Gasteiger partial charge in [-0.2, -0.15) is 0 Å². The van der Waals surface area contributed by atoms with Gasteiger partial charge in [-0.3, -0.25) is 9.59 Å². The zero-order valence-corrected chi connectivity index (χ0v) is 15.8. The van der Waals surface area contributed by atoms with Crippen LogP contribution in [0.1, 0.15) is 11.3 Å². The Morgan fingerprint density at radius 1 is 1.19 bits per heavy atom. The number of para-hydroxylation sites is 1. The maximum Gasteiger partial charge on any atom is 0.254 e. The number of hydrogen-bond donors (Lipinski definition) is 0. The minimum absolute atomic E-state index is 0.0621. The largest absolute Gasteiger partial charge is 0.486 e. The standard InChI is InChI=1S/C21H23N3O3/c1-14-8-16(10-20(25)23(14)3)27-17-12-24(13-17)21(26)9-15-11-22(2)19-7-5-4-6-18(15)19/h4-8,10-11,17H,9,12-13H2,1-3H3. The average Bonchev–Trinajstić information content (AvgIpc) is 2.91. The molecule has 140 valence electrons. The Morgan fingerprint density at radius 3 is 2.67 bits per heavy atom. The van der Waals surface area contributed by atoms with E-state index in [0.29, 0.717) is 25.3 Å². The van der Waals surface area contributed by atoms with Crippen molar-refractivity contribution in [2.75, 3.05) is 13.1 Å². The van der Waals surface area contributed by atoms with Gasteiger partial charge in [0.15, 0.2) is 0 Å². The summed E-state index contributed by atoms with van der Waals surface area (Å²) in [6.07, 6.45) is 2.35. The van der Waals surface area contributed by atoms with E-state index in [1.165, 1.54) is 6.07 Å². The van der Waals surface area contributed by atoms with Gasteiger partial charge in [0.2, 0.25) is 5.91 Å². The highest BCUT2D eigenvalue weighted by Gasteiger charge is 2.32. The number of aromatic nitrogens is 2. The molecule has 1 fully saturated rings. The first-order valence-electron chi connectivity index (χ1n) is 9.07. The predicted octanol–water partition coefficient (Wildman–Crippen LogP) is 2.02. The Balaban J connectivity index is 1.38. The van der Waals surface area contributed by atoms with Crippen molar-refractivity contribution in [1.29, 1.82) is 0 Å². The number of aryl methyl sites for hydroxylation is 2. The van der Waals surface area contributed by atoms with E-state index in [4.69, 9.17) is 4.74 Å². The Hall–Kier alpha value is -3.02. The van der Waals surface area contributed by atoms with E-state index in [0.717, 1.165) is 22.2 Å². The third-order valence-corrected chi connectivity index (χ3v) is 5.30. The molecule has 0 N–H and O–H groups in total. The van der Waals surface area contributed by atoms with Gasteiger partial charge in [-0.15, -0.1) is 0 Å². The number of hydrogen-bond acceptors (Lipinski definition) is 3. The number of pyridine rings is 1. The summed E-state index contributed by atoms with van der Waals surface area (Å²) in [6.45, 7) is 2.98. The molecular weight excluding hydrogens is 342 g/mol. The summed E-state index contributed by atoms with van der Waals surface area (Å²) in [4.78, 5) is 26.3. The van der Waals surface area contributed by atoms with Gasteiger partial charge in [0.25, 0.3) is 5.56 Å². The summed E-state index contributed by atoms with van der Waals surface area (Å²) in [7, 11) is 3.73. The second kappa shape index (κ2) is 6.61. The molecule has 2 aromatic heterocycles. The van der Waals surface area contributed by atoms with Crippen LogP contribution in [-0.2, 0) is 25.3 Å². The molecule has 0 saturated carbocycles. The van der Waals surface area contributed by atoms with Crippen molar-refractivity contribution in [3.8, 4) is 5.75 Å². The number of likely N-dealkylation sites (tertiary alicyclic amines) is 1. The summed E-state index contributed by atoms with van der Waals surface area (Å²) >= 11 is 0. The molecule has 0 radical (unpaired) electrons. The van der Waals surface area contributed by atoms with E-state index in [1.807, 2.05) is 38.4 Å². The highest BCUT2D eigenvalue weighted by Crippen LogP contribution is 2.23. The summed E-state index contributed by atoms with van der Waals surface area (Å²) in [6, 6.07) is 11.5. The van der Waals surface area contributed by atoms with Gasteiger partial charge in [-0.25, -0.2) is 0 Å². The number of ether oxygens (including phenoxy) is 1. The molecule has 0 bridgehead atoms. The monoisotopic (exact) mass is 365 g/mol. The molecular formula is C21H23N3O3. The smallest absolute Gasteiger partial charge is 0.254 e. The molecule has 6 nitrogen and oxygen atoms in total. The van der Waals surface area contributed by atoms with Crippen molar-refractivity contribution in [3.05, 3.63) is 64.2 Å². The van der Waals surface area contributed by atoms with Crippen LogP contribution >= 0.6 is 0 Å². The van der Waals surface area contributed by atoms with Gasteiger partial charge in [0.05, 0.1) is 19.5 Å². The SMILES string of the molecule is Cc1cc(OC2CN(C(=O)Cc3cn(C)c4ccccc34)C2)cc(=O)n1C. The van der Waals surface area contributed by atoms with Gasteiger partial charge < -0.3 is 18.8 Å². The van der Waals surface area contributed by atoms with Crippen LogP contribution in [0.4, 0.5) is 0 Å². The predicted molar refractivity (Wildman–Crippen MR) is 104 cm³/mol. The van der Waals surface area contributed by atoms with Crippen molar-refractivity contribution in [2.24, 2.45) is 14.1 Å². The van der Waals surface area contributed by atoms with Crippen LogP contribution in [0, 0.1) is 6.92 Å². The number of nitrogens with zero attached hydrogens (tertiary/aromatic N) is 3. The summed E-state index contributed by atoms with van der Waals surface area (Å²) in [5.41, 5.74) is 2.93. The van der Waals surface area contributed by atoms with Gasteiger partial charge in [0.1, 0.15) is 11.9 Å². The third-order valence-electron chi connectivity index (χ3n) is 5.30. The van der Waals surface area contributed by atoms with Crippen LogP contribution in [0.3, 0.4) is 0 Å². The van der Waals surface area contributed by atoms with E-state index in [-0.39, 0.29) is 17.6 Å². The van der Waals surface area contributed by atoms with Crippen LogP contribution in [0.5, 0.6) is 5.75 Å². The van der Waals surface area contributed by atoms with E-state index in [2.05, 4.69) is 16.7 Å². The quantitative estimate of drug-likeness (QED) is 0.711. The first-order valence-corrected chi connectivity index (χ1v) is 9.07. The summed E-state index contributed by atoms with van der Waals surface area (Å²) in [5.74, 6) is 0.674. The fraction of sp³-hybridized carbons (Fsp3) is 0.333. The zero-order valence-electron chi connectivity index (χ0n) is 15.8. The lowest BCUT2D eigenvalue weighted by molar-refractivity contribution is -0.139. The van der Waals surface area contributed by atoms with Gasteiger partial charge in [-0.05, 0) is 24.6 Å². The fourth-order valence-corrected chi connectivity index (χ4v) is 3.55. The van der Waals surface area contributed by atoms with E-state index in [9.17, 15) is 9.59 Å². The number of fused-ring (bicyclic) bond motifs is 1. The van der Waals surface area contributed by atoms with Crippen LogP contribution in [0.2, 0.25) is 0 Å². The van der Waals surface area contributed by atoms with Gasteiger partial charge in [-0.1, -0.05) is 18.2 Å². The van der Waals surface area contributed by atoms with E-state index in [1.54, 1.807) is 16.5 Å². The Kier molecular flexibility index (Phi) is 4.26. The summed E-state index contributed by atoms with van der Waals surface area (Å²) in [5, 5.41) is 1.12. The number of amides is 1. The van der Waals surface area contributed by atoms with Gasteiger partial charge in [0, 0.05) is 43.0 Å². The molecule has 0 aliphatic carbocycles. The normalized spacial score (nSPS) is 14.4. The van der Waals surface area contributed by atoms with Crippen molar-refractivity contribution in [2.45, 2.75) is 19.4 Å². The van der Waals surface area contributed by atoms with Gasteiger partial charge >= 0.3 is 0 Å². The number of benzene rings is 1. The fourth-order valence-electron chi connectivity index (χ4n) is 3.55. The van der Waals surface area contributed by atoms with Crippen molar-refractivity contribution in [3.63, 3.8) is 0 Å². The second-order valence-corrected chi connectivity index (χ2v) is 7.23. The van der Waals surface area contributed by atoms with Crippen molar-refractivity contribution >= 4 is 16.8 Å². The third kappa shape index (κ3) is 3.23. The molecule has 1 aliphatic heterocycles. The number of rotatable bonds is 4. The lowest BCUT2D eigenvalue weighted by Crippen LogP contribution is -2.56. The lowest BCUT2D eigenvalue weighted by Gasteiger charge is -2.39. The van der Waals surface area contributed by atoms with Crippen molar-refractivity contribution in [1.82, 2.24) is 14.0 Å². The van der Waals surface area contributed by atoms with E-state index < -0.39 is 0 Å². The maximum atomic E-state index is 12.6. The average molecular weight is 365 g/mol. The summed E-state index contributed by atoms with van der Waals surface area (Å²) < 4.78 is 9.49. The van der Waals surface area contributed by atoms with E-state index >= 15 is 0 Å². The Bertz CT molecular complexity index is 1070. The molecule has 0 spiro atoms. The molecule has 3 aromatic rings. The Morgan fingerprint density at radius 2 is 1.93 bits per heavy atom. The molecule has 1 aromatic carbocycles. The molecule has 1 saturated heterocycles. The first kappa shape index (κ1) is 17.4. The Labute approximate surface area is 157 Å². The highest BCUT2D eigenvalue weighted by atomic mass is 16.5. The first-order chi connectivity index (χ1) is 12.9.